The number of amides is 1. The molecule has 3 rings (SSSR count). The minimum atomic E-state index is -0.0755. The number of nitrogens with one attached hydrogen (secondary N) is 1. The van der Waals surface area contributed by atoms with Crippen LogP contribution < -0.4 is 5.32 Å². The van der Waals surface area contributed by atoms with Crippen LogP contribution in [-0.4, -0.2) is 15.5 Å². The molecule has 0 unspecified atom stereocenters. The number of carbonyl (C=O) groups excluding carboxylic acids is 1. The Morgan fingerprint density at radius 1 is 1.26 bits per heavy atom. The Balaban J connectivity index is 1.95. The molecule has 0 aliphatic rings. The lowest BCUT2D eigenvalue weighted by atomic mass is 10.1. The zero-order chi connectivity index (χ0) is 16.4. The second-order valence-electron chi connectivity index (χ2n) is 5.42. The van der Waals surface area contributed by atoms with Crippen LogP contribution in [0.1, 0.15) is 28.5 Å². The summed E-state index contributed by atoms with van der Waals surface area (Å²) in [6, 6.07) is 9.52. The van der Waals surface area contributed by atoms with Crippen molar-refractivity contribution in [1.29, 1.82) is 0 Å². The molecule has 0 atom stereocenters. The summed E-state index contributed by atoms with van der Waals surface area (Å²) in [6.07, 6.45) is 3.44. The van der Waals surface area contributed by atoms with Crippen molar-refractivity contribution in [2.24, 2.45) is 0 Å². The highest BCUT2D eigenvalue weighted by atomic mass is 35.5. The van der Waals surface area contributed by atoms with E-state index in [1.807, 2.05) is 48.7 Å². The lowest BCUT2D eigenvalue weighted by Crippen LogP contribution is -2.26. The molecule has 4 nitrogen and oxygen atoms in total. The van der Waals surface area contributed by atoms with E-state index in [9.17, 15) is 4.79 Å². The first-order chi connectivity index (χ1) is 11.1. The molecule has 0 bridgehead atoms. The van der Waals surface area contributed by atoms with Gasteiger partial charge in [0.05, 0.1) is 0 Å². The zero-order valence-electron chi connectivity index (χ0n) is 13.1. The number of carbonyl (C=O) groups is 1. The molecule has 0 saturated carbocycles. The van der Waals surface area contributed by atoms with Gasteiger partial charge < -0.3 is 9.88 Å². The minimum absolute atomic E-state index is 0.0755. The van der Waals surface area contributed by atoms with E-state index in [1.54, 1.807) is 12.4 Å². The molecule has 0 aliphatic heterocycles. The van der Waals surface area contributed by atoms with Gasteiger partial charge in [-0.15, -0.1) is 0 Å². The first kappa shape index (κ1) is 15.6. The minimum Gasteiger partial charge on any atom is -0.347 e. The Morgan fingerprint density at radius 2 is 2.00 bits per heavy atom. The molecule has 3 aromatic rings. The molecule has 0 fully saturated rings. The fourth-order valence-electron chi connectivity index (χ4n) is 2.88. The van der Waals surface area contributed by atoms with Crippen molar-refractivity contribution in [1.82, 2.24) is 14.9 Å². The topological polar surface area (TPSA) is 46.9 Å². The number of aromatic nitrogens is 2. The highest BCUT2D eigenvalue weighted by Crippen LogP contribution is 2.28. The molecular weight excluding hydrogens is 310 g/mol. The van der Waals surface area contributed by atoms with Crippen molar-refractivity contribution in [3.63, 3.8) is 0 Å². The first-order valence-corrected chi connectivity index (χ1v) is 7.95. The summed E-state index contributed by atoms with van der Waals surface area (Å²) in [5.41, 5.74) is 3.70. The Labute approximate surface area is 140 Å². The second-order valence-corrected chi connectivity index (χ2v) is 5.85. The third kappa shape index (κ3) is 2.94. The predicted octanol–water partition coefficient (Wildman–Crippen LogP) is 3.95. The number of rotatable bonds is 4. The normalized spacial score (nSPS) is 10.9. The maximum absolute atomic E-state index is 12.7. The van der Waals surface area contributed by atoms with Crippen molar-refractivity contribution in [2.45, 2.75) is 26.9 Å². The Hall–Kier alpha value is -2.33. The number of benzene rings is 1. The van der Waals surface area contributed by atoms with Crippen molar-refractivity contribution in [3.05, 3.63) is 64.6 Å². The summed E-state index contributed by atoms with van der Waals surface area (Å²) in [5, 5.41) is 4.69. The molecule has 0 spiro atoms. The standard InChI is InChI=1S/C18H18ClN3O/c1-3-22-16-5-4-14(19)10-15(16)12(2)17(22)18(23)21-11-13-6-8-20-9-7-13/h4-10H,3,11H2,1-2H3,(H,21,23). The molecule has 5 heteroatoms. The average molecular weight is 328 g/mol. The molecule has 1 N–H and O–H groups in total. The van der Waals surface area contributed by atoms with Gasteiger partial charge in [-0.25, -0.2) is 0 Å². The van der Waals surface area contributed by atoms with E-state index < -0.39 is 0 Å². The maximum Gasteiger partial charge on any atom is 0.268 e. The number of halogens is 1. The van der Waals surface area contributed by atoms with Crippen LogP contribution in [0.2, 0.25) is 5.02 Å². The summed E-state index contributed by atoms with van der Waals surface area (Å²) in [5.74, 6) is -0.0755. The summed E-state index contributed by atoms with van der Waals surface area (Å²) in [6.45, 7) is 5.20. The molecular formula is C18H18ClN3O. The quantitative estimate of drug-likeness (QED) is 0.788. The zero-order valence-corrected chi connectivity index (χ0v) is 13.9. The van der Waals surface area contributed by atoms with Gasteiger partial charge in [0.1, 0.15) is 5.69 Å². The van der Waals surface area contributed by atoms with E-state index in [0.29, 0.717) is 17.3 Å². The van der Waals surface area contributed by atoms with Crippen LogP contribution in [0.5, 0.6) is 0 Å². The summed E-state index contributed by atoms with van der Waals surface area (Å²) < 4.78 is 2.03. The number of pyridine rings is 1. The first-order valence-electron chi connectivity index (χ1n) is 7.57. The number of hydrogen-bond acceptors (Lipinski definition) is 2. The van der Waals surface area contributed by atoms with Gasteiger partial charge in [-0.05, 0) is 55.3 Å². The molecule has 118 valence electrons. The van der Waals surface area contributed by atoms with Crippen LogP contribution in [0.3, 0.4) is 0 Å². The Kier molecular flexibility index (Phi) is 4.35. The highest BCUT2D eigenvalue weighted by Gasteiger charge is 2.19. The fourth-order valence-corrected chi connectivity index (χ4v) is 3.05. The number of nitrogens with zero attached hydrogens (tertiary/aromatic N) is 2. The smallest absolute Gasteiger partial charge is 0.268 e. The highest BCUT2D eigenvalue weighted by molar-refractivity contribution is 6.31. The van der Waals surface area contributed by atoms with E-state index in [2.05, 4.69) is 10.3 Å². The van der Waals surface area contributed by atoms with Gasteiger partial charge in [-0.2, -0.15) is 0 Å². The van der Waals surface area contributed by atoms with Gasteiger partial charge in [-0.1, -0.05) is 11.6 Å². The molecule has 0 radical (unpaired) electrons. The largest absolute Gasteiger partial charge is 0.347 e. The Morgan fingerprint density at radius 3 is 2.70 bits per heavy atom. The van der Waals surface area contributed by atoms with Crippen LogP contribution in [0.4, 0.5) is 0 Å². The van der Waals surface area contributed by atoms with Gasteiger partial charge in [-0.3, -0.25) is 9.78 Å². The average Bonchev–Trinajstić information content (AvgIpc) is 2.85. The summed E-state index contributed by atoms with van der Waals surface area (Å²) >= 11 is 6.10. The third-order valence-electron chi connectivity index (χ3n) is 4.01. The van der Waals surface area contributed by atoms with Gasteiger partial charge >= 0.3 is 0 Å². The van der Waals surface area contributed by atoms with Crippen LogP contribution in [0.25, 0.3) is 10.9 Å². The Bertz CT molecular complexity index is 856. The van der Waals surface area contributed by atoms with E-state index in [4.69, 9.17) is 11.6 Å². The van der Waals surface area contributed by atoms with Gasteiger partial charge in [0.2, 0.25) is 0 Å². The van der Waals surface area contributed by atoms with Gasteiger partial charge in [0, 0.05) is 41.4 Å². The predicted molar refractivity (Wildman–Crippen MR) is 92.8 cm³/mol. The summed E-state index contributed by atoms with van der Waals surface area (Å²) in [7, 11) is 0. The van der Waals surface area contributed by atoms with E-state index in [0.717, 1.165) is 28.6 Å². The number of hydrogen-bond donors (Lipinski definition) is 1. The van der Waals surface area contributed by atoms with E-state index in [-0.39, 0.29) is 5.91 Å². The molecule has 2 aromatic heterocycles. The fraction of sp³-hybridized carbons (Fsp3) is 0.222. The maximum atomic E-state index is 12.7. The number of aryl methyl sites for hydroxylation is 2. The summed E-state index contributed by atoms with van der Waals surface area (Å²) in [4.78, 5) is 16.7. The van der Waals surface area contributed by atoms with Crippen LogP contribution in [0.15, 0.2) is 42.7 Å². The van der Waals surface area contributed by atoms with Crippen LogP contribution in [-0.2, 0) is 13.1 Å². The monoisotopic (exact) mass is 327 g/mol. The van der Waals surface area contributed by atoms with Crippen molar-refractivity contribution in [2.75, 3.05) is 0 Å². The molecule has 2 heterocycles. The molecule has 0 aliphatic carbocycles. The van der Waals surface area contributed by atoms with Crippen LogP contribution in [0, 0.1) is 6.92 Å². The molecule has 23 heavy (non-hydrogen) atoms. The van der Waals surface area contributed by atoms with E-state index in [1.165, 1.54) is 0 Å². The molecule has 1 amide bonds. The van der Waals surface area contributed by atoms with Crippen molar-refractivity contribution < 1.29 is 4.79 Å². The number of fused-ring (bicyclic) bond motifs is 1. The van der Waals surface area contributed by atoms with Crippen molar-refractivity contribution in [3.8, 4) is 0 Å². The SMILES string of the molecule is CCn1c(C(=O)NCc2ccncc2)c(C)c2cc(Cl)ccc21. The third-order valence-corrected chi connectivity index (χ3v) is 4.25. The van der Waals surface area contributed by atoms with E-state index >= 15 is 0 Å². The van der Waals surface area contributed by atoms with Crippen molar-refractivity contribution >= 4 is 28.4 Å². The van der Waals surface area contributed by atoms with Crippen LogP contribution >= 0.6 is 11.6 Å². The lowest BCUT2D eigenvalue weighted by Gasteiger charge is -2.10. The second kappa shape index (κ2) is 6.42. The lowest BCUT2D eigenvalue weighted by molar-refractivity contribution is 0.0941. The van der Waals surface area contributed by atoms with Gasteiger partial charge in [0.15, 0.2) is 0 Å². The molecule has 1 aromatic carbocycles. The molecule has 0 saturated heterocycles. The van der Waals surface area contributed by atoms with Gasteiger partial charge in [0.25, 0.3) is 5.91 Å².